The number of rotatable bonds is 1. The molecule has 0 bridgehead atoms. The van der Waals surface area contributed by atoms with Gasteiger partial charge in [-0.15, -0.1) is 0 Å². The van der Waals surface area contributed by atoms with Gasteiger partial charge in [0, 0.05) is 25.3 Å². The molecule has 6 nitrogen and oxygen atoms in total. The first-order valence-electron chi connectivity index (χ1n) is 7.98. The van der Waals surface area contributed by atoms with Crippen LogP contribution in [-0.4, -0.2) is 46.8 Å². The minimum absolute atomic E-state index is 0.0594. The normalized spacial score (nSPS) is 19.7. The average Bonchev–Trinajstić information content (AvgIpc) is 2.78. The van der Waals surface area contributed by atoms with Gasteiger partial charge in [0.25, 0.3) is 0 Å². The Morgan fingerprint density at radius 1 is 1.17 bits per heavy atom. The Morgan fingerprint density at radius 2 is 2.09 bits per heavy atom. The van der Waals surface area contributed by atoms with Crippen molar-refractivity contribution in [2.75, 3.05) is 29.9 Å². The van der Waals surface area contributed by atoms with Crippen LogP contribution in [0.2, 0.25) is 0 Å². The van der Waals surface area contributed by atoms with E-state index in [0.29, 0.717) is 11.7 Å². The number of amides is 2. The van der Waals surface area contributed by atoms with E-state index in [2.05, 4.69) is 44.7 Å². The Bertz CT molecular complexity index is 705. The van der Waals surface area contributed by atoms with Gasteiger partial charge in [0.05, 0.1) is 24.1 Å². The van der Waals surface area contributed by atoms with Crippen molar-refractivity contribution in [2.45, 2.75) is 18.9 Å². The Hall–Kier alpha value is -2.63. The summed E-state index contributed by atoms with van der Waals surface area (Å²) in [4.78, 5) is 16.9. The molecule has 0 radical (unpaired) electrons. The van der Waals surface area contributed by atoms with Crippen LogP contribution in [0.15, 0.2) is 42.7 Å². The number of aromatic nitrogens is 2. The summed E-state index contributed by atoms with van der Waals surface area (Å²) in [6, 6.07) is 10.6. The SMILES string of the molecule is O=C(Nc1ccnnc1)N1CCCN2c3ccccc3C[C@@H]2C1. The second kappa shape index (κ2) is 5.87. The van der Waals surface area contributed by atoms with Crippen molar-refractivity contribution in [3.63, 3.8) is 0 Å². The summed E-state index contributed by atoms with van der Waals surface area (Å²) in [6.07, 6.45) is 5.13. The molecule has 1 saturated heterocycles. The molecule has 1 atom stereocenters. The van der Waals surface area contributed by atoms with E-state index in [1.165, 1.54) is 11.3 Å². The van der Waals surface area contributed by atoms with Crippen LogP contribution < -0.4 is 10.2 Å². The molecule has 1 fully saturated rings. The standard InChI is InChI=1S/C17H19N5O/c23-17(20-14-6-7-18-19-11-14)21-8-3-9-22-15(12-21)10-13-4-1-2-5-16(13)22/h1-2,4-7,11,15H,3,8-10,12H2,(H,18,20,23)/t15-/m1/s1. The minimum Gasteiger partial charge on any atom is -0.366 e. The van der Waals surface area contributed by atoms with Gasteiger partial charge in [0.1, 0.15) is 0 Å². The van der Waals surface area contributed by atoms with Gasteiger partial charge in [-0.1, -0.05) is 18.2 Å². The van der Waals surface area contributed by atoms with Gasteiger partial charge in [0.2, 0.25) is 0 Å². The zero-order valence-corrected chi connectivity index (χ0v) is 12.9. The lowest BCUT2D eigenvalue weighted by Gasteiger charge is -2.27. The largest absolute Gasteiger partial charge is 0.366 e. The quantitative estimate of drug-likeness (QED) is 0.877. The topological polar surface area (TPSA) is 61.4 Å². The molecule has 6 heteroatoms. The monoisotopic (exact) mass is 309 g/mol. The molecular formula is C17H19N5O. The van der Waals surface area contributed by atoms with E-state index in [-0.39, 0.29) is 6.03 Å². The van der Waals surface area contributed by atoms with Crippen LogP contribution in [-0.2, 0) is 6.42 Å². The first kappa shape index (κ1) is 14.0. The molecule has 2 aromatic rings. The molecule has 1 aromatic carbocycles. The predicted octanol–water partition coefficient (Wildman–Crippen LogP) is 2.15. The summed E-state index contributed by atoms with van der Waals surface area (Å²) >= 11 is 0. The number of anilines is 2. The first-order valence-corrected chi connectivity index (χ1v) is 7.98. The van der Waals surface area contributed by atoms with Crippen molar-refractivity contribution < 1.29 is 4.79 Å². The molecule has 23 heavy (non-hydrogen) atoms. The fraction of sp³-hybridized carbons (Fsp3) is 0.353. The lowest BCUT2D eigenvalue weighted by Crippen LogP contribution is -2.43. The van der Waals surface area contributed by atoms with Crippen molar-refractivity contribution in [1.29, 1.82) is 0 Å². The third-order valence-electron chi connectivity index (χ3n) is 4.58. The number of benzene rings is 1. The molecule has 0 saturated carbocycles. The minimum atomic E-state index is -0.0594. The summed E-state index contributed by atoms with van der Waals surface area (Å²) in [5.41, 5.74) is 3.40. The second-order valence-corrected chi connectivity index (χ2v) is 6.04. The van der Waals surface area contributed by atoms with Gasteiger partial charge in [-0.2, -0.15) is 10.2 Å². The van der Waals surface area contributed by atoms with Crippen molar-refractivity contribution in [3.8, 4) is 0 Å². The number of hydrogen-bond donors (Lipinski definition) is 1. The Balaban J connectivity index is 1.48. The number of fused-ring (bicyclic) bond motifs is 3. The van der Waals surface area contributed by atoms with Gasteiger partial charge in [-0.25, -0.2) is 4.79 Å². The highest BCUT2D eigenvalue weighted by molar-refractivity contribution is 5.89. The lowest BCUT2D eigenvalue weighted by molar-refractivity contribution is 0.211. The molecular weight excluding hydrogens is 290 g/mol. The van der Waals surface area contributed by atoms with E-state index in [0.717, 1.165) is 32.5 Å². The highest BCUT2D eigenvalue weighted by atomic mass is 16.2. The Morgan fingerprint density at radius 3 is 2.96 bits per heavy atom. The van der Waals surface area contributed by atoms with Crippen molar-refractivity contribution >= 4 is 17.4 Å². The van der Waals surface area contributed by atoms with Crippen LogP contribution in [0.4, 0.5) is 16.2 Å². The number of nitrogens with one attached hydrogen (secondary N) is 1. The fourth-order valence-electron chi connectivity index (χ4n) is 3.52. The maximum absolute atomic E-state index is 12.5. The van der Waals surface area contributed by atoms with Crippen LogP contribution >= 0.6 is 0 Å². The molecule has 1 N–H and O–H groups in total. The summed E-state index contributed by atoms with van der Waals surface area (Å²) in [6.45, 7) is 2.53. The molecule has 0 unspecified atom stereocenters. The molecule has 2 aliphatic heterocycles. The van der Waals surface area contributed by atoms with Gasteiger partial charge in [0.15, 0.2) is 0 Å². The van der Waals surface area contributed by atoms with Crippen LogP contribution in [0.5, 0.6) is 0 Å². The number of para-hydroxylation sites is 1. The van der Waals surface area contributed by atoms with Crippen LogP contribution in [0, 0.1) is 0 Å². The number of carbonyl (C=O) groups is 1. The lowest BCUT2D eigenvalue weighted by atomic mass is 10.1. The third-order valence-corrected chi connectivity index (χ3v) is 4.58. The number of carbonyl (C=O) groups excluding carboxylic acids is 1. The van der Waals surface area contributed by atoms with Crippen molar-refractivity contribution in [3.05, 3.63) is 48.3 Å². The van der Waals surface area contributed by atoms with Crippen molar-refractivity contribution in [2.24, 2.45) is 0 Å². The van der Waals surface area contributed by atoms with E-state index in [1.54, 1.807) is 18.5 Å². The van der Waals surface area contributed by atoms with Gasteiger partial charge >= 0.3 is 6.03 Å². The summed E-state index contributed by atoms with van der Waals surface area (Å²) < 4.78 is 0. The zero-order valence-electron chi connectivity index (χ0n) is 12.9. The highest BCUT2D eigenvalue weighted by Gasteiger charge is 2.33. The maximum Gasteiger partial charge on any atom is 0.321 e. The van der Waals surface area contributed by atoms with Gasteiger partial charge < -0.3 is 15.1 Å². The molecule has 2 amide bonds. The van der Waals surface area contributed by atoms with E-state index in [4.69, 9.17) is 0 Å². The number of urea groups is 1. The van der Waals surface area contributed by atoms with Crippen LogP contribution in [0.25, 0.3) is 0 Å². The number of hydrogen-bond acceptors (Lipinski definition) is 4. The van der Waals surface area contributed by atoms with E-state index >= 15 is 0 Å². The van der Waals surface area contributed by atoms with Gasteiger partial charge in [-0.3, -0.25) is 0 Å². The maximum atomic E-state index is 12.5. The molecule has 118 valence electrons. The van der Waals surface area contributed by atoms with Gasteiger partial charge in [-0.05, 0) is 30.5 Å². The molecule has 1 aromatic heterocycles. The molecule has 0 aliphatic carbocycles. The van der Waals surface area contributed by atoms with Crippen LogP contribution in [0.1, 0.15) is 12.0 Å². The summed E-state index contributed by atoms with van der Waals surface area (Å²) in [7, 11) is 0. The van der Waals surface area contributed by atoms with E-state index < -0.39 is 0 Å². The fourth-order valence-corrected chi connectivity index (χ4v) is 3.52. The summed E-state index contributed by atoms with van der Waals surface area (Å²) in [5, 5.41) is 10.4. The van der Waals surface area contributed by atoms with Crippen LogP contribution in [0.3, 0.4) is 0 Å². The van der Waals surface area contributed by atoms with Crippen molar-refractivity contribution in [1.82, 2.24) is 15.1 Å². The Kier molecular flexibility index (Phi) is 3.57. The van der Waals surface area contributed by atoms with E-state index in [1.807, 2.05) is 4.90 Å². The molecule has 2 aliphatic rings. The molecule has 3 heterocycles. The first-order chi connectivity index (χ1) is 11.3. The molecule has 0 spiro atoms. The highest BCUT2D eigenvalue weighted by Crippen LogP contribution is 2.33. The molecule has 4 rings (SSSR count). The Labute approximate surface area is 135 Å². The number of nitrogens with zero attached hydrogens (tertiary/aromatic N) is 4. The predicted molar refractivity (Wildman–Crippen MR) is 88.5 cm³/mol. The smallest absolute Gasteiger partial charge is 0.321 e. The summed E-state index contributed by atoms with van der Waals surface area (Å²) in [5.74, 6) is 0. The van der Waals surface area contributed by atoms with E-state index in [9.17, 15) is 4.79 Å². The zero-order chi connectivity index (χ0) is 15.6. The average molecular weight is 309 g/mol. The third kappa shape index (κ3) is 2.72. The second-order valence-electron chi connectivity index (χ2n) is 6.04.